The maximum atomic E-state index is 12.1. The fourth-order valence-electron chi connectivity index (χ4n) is 1.92. The average Bonchev–Trinajstić information content (AvgIpc) is 2.70. The van der Waals surface area contributed by atoms with Gasteiger partial charge in [-0.25, -0.2) is 0 Å². The molecule has 3 nitrogen and oxygen atoms in total. The van der Waals surface area contributed by atoms with E-state index in [2.05, 4.69) is 6.08 Å². The van der Waals surface area contributed by atoms with Crippen LogP contribution < -0.4 is 5.73 Å². The summed E-state index contributed by atoms with van der Waals surface area (Å²) >= 11 is 1.63. The predicted molar refractivity (Wildman–Crippen MR) is 74.9 cm³/mol. The lowest BCUT2D eigenvalue weighted by Gasteiger charge is -2.23. The monoisotopic (exact) mass is 256 g/mol. The van der Waals surface area contributed by atoms with E-state index in [1.165, 1.54) is 12.1 Å². The molecule has 2 N–H and O–H groups in total. The van der Waals surface area contributed by atoms with Crippen molar-refractivity contribution in [2.75, 3.05) is 18.1 Å². The minimum atomic E-state index is -0.200. The first-order valence-electron chi connectivity index (χ1n) is 6.30. The van der Waals surface area contributed by atoms with Crippen molar-refractivity contribution in [2.24, 2.45) is 5.73 Å². The van der Waals surface area contributed by atoms with E-state index >= 15 is 0 Å². The summed E-state index contributed by atoms with van der Waals surface area (Å²) in [5.74, 6) is 1.57. The van der Waals surface area contributed by atoms with Crippen LogP contribution in [0.25, 0.3) is 0 Å². The van der Waals surface area contributed by atoms with Gasteiger partial charge in [0.05, 0.1) is 5.75 Å². The standard InChI is InChI=1S/C13H24N2OS/c1-4-15(11-7-5-6-8-11)12(16)9-17-10-13(2,3)14/h7H,4-6,8-10,14H2,1-3H3. The molecule has 1 aliphatic rings. The van der Waals surface area contributed by atoms with Crippen molar-refractivity contribution in [2.45, 2.75) is 45.6 Å². The van der Waals surface area contributed by atoms with Gasteiger partial charge < -0.3 is 10.6 Å². The number of rotatable bonds is 6. The van der Waals surface area contributed by atoms with Gasteiger partial charge >= 0.3 is 0 Å². The lowest BCUT2D eigenvalue weighted by atomic mass is 10.1. The highest BCUT2D eigenvalue weighted by atomic mass is 32.2. The van der Waals surface area contributed by atoms with Crippen LogP contribution in [0.1, 0.15) is 40.0 Å². The molecule has 0 fully saturated rings. The molecule has 1 aliphatic carbocycles. The number of allylic oxidation sites excluding steroid dienone is 2. The van der Waals surface area contributed by atoms with Crippen molar-refractivity contribution >= 4 is 17.7 Å². The third-order valence-corrected chi connectivity index (χ3v) is 4.08. The number of hydrogen-bond acceptors (Lipinski definition) is 3. The van der Waals surface area contributed by atoms with Crippen molar-refractivity contribution in [1.82, 2.24) is 4.90 Å². The van der Waals surface area contributed by atoms with Gasteiger partial charge in [0.25, 0.3) is 0 Å². The van der Waals surface area contributed by atoms with Gasteiger partial charge in [-0.15, -0.1) is 0 Å². The van der Waals surface area contributed by atoms with Gasteiger partial charge in [-0.05, 0) is 40.0 Å². The number of carbonyl (C=O) groups is 1. The van der Waals surface area contributed by atoms with E-state index in [4.69, 9.17) is 5.73 Å². The van der Waals surface area contributed by atoms with Gasteiger partial charge in [0.1, 0.15) is 0 Å². The number of thioether (sulfide) groups is 1. The maximum absolute atomic E-state index is 12.1. The predicted octanol–water partition coefficient (Wildman–Crippen LogP) is 2.37. The first-order chi connectivity index (χ1) is 7.94. The molecule has 0 aromatic rings. The molecule has 0 saturated heterocycles. The van der Waals surface area contributed by atoms with E-state index in [1.54, 1.807) is 11.8 Å². The Bertz CT molecular complexity index is 294. The van der Waals surface area contributed by atoms with Crippen LogP contribution in [0.2, 0.25) is 0 Å². The van der Waals surface area contributed by atoms with Crippen molar-refractivity contribution < 1.29 is 4.79 Å². The van der Waals surface area contributed by atoms with E-state index in [0.29, 0.717) is 5.75 Å². The summed E-state index contributed by atoms with van der Waals surface area (Å²) < 4.78 is 0. The molecule has 0 aromatic heterocycles. The zero-order chi connectivity index (χ0) is 12.9. The Hall–Kier alpha value is -0.480. The SMILES string of the molecule is CCN(C(=O)CSCC(C)(C)N)C1=CCCC1. The molecule has 1 rings (SSSR count). The van der Waals surface area contributed by atoms with Gasteiger partial charge in [0, 0.05) is 23.5 Å². The first-order valence-corrected chi connectivity index (χ1v) is 7.45. The Morgan fingerprint density at radius 3 is 2.76 bits per heavy atom. The van der Waals surface area contributed by atoms with Crippen LogP contribution in [-0.4, -0.2) is 34.4 Å². The van der Waals surface area contributed by atoms with Gasteiger partial charge in [0.2, 0.25) is 5.91 Å². The quantitative estimate of drug-likeness (QED) is 0.793. The van der Waals surface area contributed by atoms with Crippen LogP contribution in [0.5, 0.6) is 0 Å². The third kappa shape index (κ3) is 5.13. The summed E-state index contributed by atoms with van der Waals surface area (Å²) in [6, 6.07) is 0. The van der Waals surface area contributed by atoms with E-state index in [0.717, 1.165) is 25.1 Å². The molecule has 0 unspecified atom stereocenters. The Morgan fingerprint density at radius 2 is 2.29 bits per heavy atom. The van der Waals surface area contributed by atoms with Gasteiger partial charge in [-0.2, -0.15) is 11.8 Å². The van der Waals surface area contributed by atoms with Crippen molar-refractivity contribution in [3.8, 4) is 0 Å². The fraction of sp³-hybridized carbons (Fsp3) is 0.769. The molecule has 0 saturated carbocycles. The molecule has 0 aliphatic heterocycles. The highest BCUT2D eigenvalue weighted by Crippen LogP contribution is 2.22. The summed E-state index contributed by atoms with van der Waals surface area (Å²) in [5.41, 5.74) is 6.91. The van der Waals surface area contributed by atoms with Gasteiger partial charge in [0.15, 0.2) is 0 Å². The molecule has 4 heteroatoms. The van der Waals surface area contributed by atoms with Gasteiger partial charge in [-0.3, -0.25) is 4.79 Å². The van der Waals surface area contributed by atoms with Crippen molar-refractivity contribution in [1.29, 1.82) is 0 Å². The molecule has 1 amide bonds. The summed E-state index contributed by atoms with van der Waals surface area (Å²) in [6.45, 7) is 6.79. The Labute approximate surface area is 109 Å². The average molecular weight is 256 g/mol. The lowest BCUT2D eigenvalue weighted by Crippen LogP contribution is -2.36. The second-order valence-corrected chi connectivity index (χ2v) is 6.19. The maximum Gasteiger partial charge on any atom is 0.236 e. The van der Waals surface area contributed by atoms with Crippen LogP contribution in [0.15, 0.2) is 11.8 Å². The summed E-state index contributed by atoms with van der Waals surface area (Å²) in [6.07, 6.45) is 5.54. The Balaban J connectivity index is 2.39. The molecule has 0 aromatic carbocycles. The molecule has 98 valence electrons. The molecule has 0 atom stereocenters. The van der Waals surface area contributed by atoms with E-state index in [9.17, 15) is 4.79 Å². The van der Waals surface area contributed by atoms with Crippen molar-refractivity contribution in [3.05, 3.63) is 11.8 Å². The topological polar surface area (TPSA) is 46.3 Å². The molecule has 0 bridgehead atoms. The van der Waals surface area contributed by atoms with Crippen LogP contribution in [0, 0.1) is 0 Å². The number of nitrogens with zero attached hydrogens (tertiary/aromatic N) is 1. The summed E-state index contributed by atoms with van der Waals surface area (Å²) in [5, 5.41) is 0. The largest absolute Gasteiger partial charge is 0.325 e. The molecule has 17 heavy (non-hydrogen) atoms. The van der Waals surface area contributed by atoms with E-state index in [1.807, 2.05) is 25.7 Å². The highest BCUT2D eigenvalue weighted by Gasteiger charge is 2.19. The second-order valence-electron chi connectivity index (χ2n) is 5.21. The lowest BCUT2D eigenvalue weighted by molar-refractivity contribution is -0.126. The Morgan fingerprint density at radius 1 is 1.59 bits per heavy atom. The van der Waals surface area contributed by atoms with Gasteiger partial charge in [-0.1, -0.05) is 6.08 Å². The number of nitrogens with two attached hydrogens (primary N) is 1. The number of amides is 1. The fourth-order valence-corrected chi connectivity index (χ4v) is 2.88. The molecular formula is C13H24N2OS. The zero-order valence-electron chi connectivity index (χ0n) is 11.2. The van der Waals surface area contributed by atoms with Crippen LogP contribution in [0.3, 0.4) is 0 Å². The van der Waals surface area contributed by atoms with Crippen molar-refractivity contribution in [3.63, 3.8) is 0 Å². The first kappa shape index (κ1) is 14.6. The molecular weight excluding hydrogens is 232 g/mol. The molecule has 0 radical (unpaired) electrons. The van der Waals surface area contributed by atoms with E-state index in [-0.39, 0.29) is 11.4 Å². The van der Waals surface area contributed by atoms with E-state index < -0.39 is 0 Å². The third-order valence-electron chi connectivity index (χ3n) is 2.68. The number of hydrogen-bond donors (Lipinski definition) is 1. The number of carbonyl (C=O) groups excluding carboxylic acids is 1. The zero-order valence-corrected chi connectivity index (χ0v) is 12.0. The minimum Gasteiger partial charge on any atom is -0.325 e. The minimum absolute atomic E-state index is 0.200. The van der Waals surface area contributed by atoms with Crippen LogP contribution in [0.4, 0.5) is 0 Å². The van der Waals surface area contributed by atoms with Crippen LogP contribution in [-0.2, 0) is 4.79 Å². The normalized spacial score (nSPS) is 15.9. The smallest absolute Gasteiger partial charge is 0.236 e. The summed E-state index contributed by atoms with van der Waals surface area (Å²) in [7, 11) is 0. The molecule has 0 spiro atoms. The second kappa shape index (κ2) is 6.45. The highest BCUT2D eigenvalue weighted by molar-refractivity contribution is 8.00. The van der Waals surface area contributed by atoms with Crippen LogP contribution >= 0.6 is 11.8 Å². The summed E-state index contributed by atoms with van der Waals surface area (Å²) in [4.78, 5) is 14.0. The Kier molecular flexibility index (Phi) is 5.53. The molecule has 0 heterocycles.